The fourth-order valence-electron chi connectivity index (χ4n) is 2.60. The van der Waals surface area contributed by atoms with Crippen LogP contribution in [0.25, 0.3) is 6.08 Å². The largest absolute Gasteiger partial charge is 0.482 e. The summed E-state index contributed by atoms with van der Waals surface area (Å²) in [5.74, 6) is 0.0599. The molecule has 1 fully saturated rings. The molecule has 0 atom stereocenters. The average Bonchev–Trinajstić information content (AvgIpc) is 2.97. The van der Waals surface area contributed by atoms with Gasteiger partial charge in [-0.25, -0.2) is 9.79 Å². The summed E-state index contributed by atoms with van der Waals surface area (Å²) in [6, 6.07) is 15.0. The summed E-state index contributed by atoms with van der Waals surface area (Å²) in [5.41, 5.74) is 2.76. The summed E-state index contributed by atoms with van der Waals surface area (Å²) < 4.78 is 10.2. The number of hydrogen-bond donors (Lipinski definition) is 0. The number of ether oxygens (including phenoxy) is 2. The number of carbonyl (C=O) groups is 2. The second-order valence-corrected chi connectivity index (χ2v) is 7.33. The smallest absolute Gasteiger partial charge is 0.344 e. The van der Waals surface area contributed by atoms with E-state index in [1.54, 1.807) is 31.0 Å². The van der Waals surface area contributed by atoms with Gasteiger partial charge in [-0.2, -0.15) is 0 Å². The third kappa shape index (κ3) is 5.26. The van der Waals surface area contributed by atoms with Gasteiger partial charge in [0.25, 0.3) is 5.91 Å². The number of amidine groups is 1. The van der Waals surface area contributed by atoms with E-state index in [-0.39, 0.29) is 12.5 Å². The molecule has 1 heterocycles. The minimum Gasteiger partial charge on any atom is -0.482 e. The van der Waals surface area contributed by atoms with E-state index in [9.17, 15) is 9.59 Å². The molecule has 2 aromatic carbocycles. The minimum atomic E-state index is -0.407. The molecule has 1 saturated heterocycles. The van der Waals surface area contributed by atoms with Crippen molar-refractivity contribution in [3.05, 3.63) is 64.6 Å². The van der Waals surface area contributed by atoms with Crippen LogP contribution in [-0.4, -0.2) is 42.2 Å². The van der Waals surface area contributed by atoms with Gasteiger partial charge in [0.15, 0.2) is 11.8 Å². The van der Waals surface area contributed by atoms with Crippen LogP contribution in [0.2, 0.25) is 0 Å². The van der Waals surface area contributed by atoms with Crippen LogP contribution in [0.5, 0.6) is 5.75 Å². The lowest BCUT2D eigenvalue weighted by atomic mass is 10.2. The monoisotopic (exact) mass is 410 g/mol. The number of para-hydroxylation sites is 1. The maximum Gasteiger partial charge on any atom is 0.344 e. The summed E-state index contributed by atoms with van der Waals surface area (Å²) in [6.45, 7) is 3.93. The molecule has 0 unspecified atom stereocenters. The summed E-state index contributed by atoms with van der Waals surface area (Å²) in [4.78, 5) is 30.7. The van der Waals surface area contributed by atoms with Gasteiger partial charge in [0.05, 0.1) is 17.2 Å². The van der Waals surface area contributed by atoms with Crippen molar-refractivity contribution in [2.75, 3.05) is 20.3 Å². The number of nitrogens with zero attached hydrogens (tertiary/aromatic N) is 2. The van der Waals surface area contributed by atoms with E-state index in [1.807, 2.05) is 49.4 Å². The van der Waals surface area contributed by atoms with E-state index in [0.29, 0.717) is 22.4 Å². The molecule has 0 bridgehead atoms. The second kappa shape index (κ2) is 9.43. The van der Waals surface area contributed by atoms with Crippen molar-refractivity contribution in [2.45, 2.75) is 13.8 Å². The summed E-state index contributed by atoms with van der Waals surface area (Å²) in [5, 5.41) is 0.643. The van der Waals surface area contributed by atoms with Crippen LogP contribution >= 0.6 is 11.8 Å². The highest BCUT2D eigenvalue weighted by Crippen LogP contribution is 2.33. The van der Waals surface area contributed by atoms with Crippen LogP contribution in [-0.2, 0) is 14.3 Å². The molecule has 0 radical (unpaired) electrons. The van der Waals surface area contributed by atoms with Gasteiger partial charge in [-0.15, -0.1) is 0 Å². The minimum absolute atomic E-state index is 0.0926. The Kier molecular flexibility index (Phi) is 6.72. The van der Waals surface area contributed by atoms with Crippen molar-refractivity contribution in [2.24, 2.45) is 4.99 Å². The fraction of sp³-hybridized carbons (Fsp3) is 0.227. The molecule has 150 valence electrons. The Morgan fingerprint density at radius 2 is 1.90 bits per heavy atom. The molecule has 0 aliphatic carbocycles. The number of esters is 1. The lowest BCUT2D eigenvalue weighted by Gasteiger charge is -2.08. The van der Waals surface area contributed by atoms with Gasteiger partial charge in [0.2, 0.25) is 0 Å². The standard InChI is InChI=1S/C22H22N2O4S/c1-4-27-20(25)14-28-17-11-9-16(10-12-17)13-19-21(26)24(3)22(29-19)23-18-8-6-5-7-15(18)2/h5-13H,4,14H2,1-3H3/b19-13+,23-22?. The predicted molar refractivity (Wildman–Crippen MR) is 115 cm³/mol. The van der Waals surface area contributed by atoms with Crippen molar-refractivity contribution < 1.29 is 19.1 Å². The third-order valence-electron chi connectivity index (χ3n) is 4.18. The Balaban J connectivity index is 1.71. The second-order valence-electron chi connectivity index (χ2n) is 6.32. The summed E-state index contributed by atoms with van der Waals surface area (Å²) >= 11 is 1.34. The lowest BCUT2D eigenvalue weighted by Crippen LogP contribution is -2.23. The molecule has 1 aliphatic rings. The van der Waals surface area contributed by atoms with Crippen LogP contribution < -0.4 is 4.74 Å². The number of hydrogen-bond acceptors (Lipinski definition) is 6. The van der Waals surface area contributed by atoms with E-state index in [4.69, 9.17) is 9.47 Å². The zero-order chi connectivity index (χ0) is 20.8. The Hall–Kier alpha value is -3.06. The van der Waals surface area contributed by atoms with Crippen molar-refractivity contribution >= 4 is 40.6 Å². The highest BCUT2D eigenvalue weighted by molar-refractivity contribution is 8.18. The van der Waals surface area contributed by atoms with E-state index >= 15 is 0 Å². The van der Waals surface area contributed by atoms with Gasteiger partial charge >= 0.3 is 5.97 Å². The molecular weight excluding hydrogens is 388 g/mol. The number of likely N-dealkylation sites (N-methyl/N-ethyl adjacent to an activating group) is 1. The number of amides is 1. The third-order valence-corrected chi connectivity index (χ3v) is 5.24. The van der Waals surface area contributed by atoms with Gasteiger partial charge in [-0.05, 0) is 61.0 Å². The van der Waals surface area contributed by atoms with Crippen molar-refractivity contribution in [3.63, 3.8) is 0 Å². The number of benzene rings is 2. The molecule has 6 nitrogen and oxygen atoms in total. The first-order valence-corrected chi connectivity index (χ1v) is 10.00. The molecule has 1 aliphatic heterocycles. The fourth-order valence-corrected chi connectivity index (χ4v) is 3.58. The van der Waals surface area contributed by atoms with E-state index in [0.717, 1.165) is 16.8 Å². The SMILES string of the molecule is CCOC(=O)COc1ccc(/C=C2/SC(=Nc3ccccc3C)N(C)C2=O)cc1. The number of aliphatic imine (C=N–C) groups is 1. The van der Waals surface area contributed by atoms with E-state index < -0.39 is 5.97 Å². The first kappa shape index (κ1) is 20.7. The van der Waals surface area contributed by atoms with Crippen LogP contribution in [0, 0.1) is 6.92 Å². The lowest BCUT2D eigenvalue weighted by molar-refractivity contribution is -0.145. The molecule has 0 spiro atoms. The van der Waals surface area contributed by atoms with Crippen LogP contribution in [0.3, 0.4) is 0 Å². The normalized spacial score (nSPS) is 16.5. The quantitative estimate of drug-likeness (QED) is 0.528. The Morgan fingerprint density at radius 1 is 1.17 bits per heavy atom. The maximum atomic E-state index is 12.6. The van der Waals surface area contributed by atoms with E-state index in [1.165, 1.54) is 11.8 Å². The molecule has 0 N–H and O–H groups in total. The first-order valence-electron chi connectivity index (χ1n) is 9.18. The van der Waals surface area contributed by atoms with Gasteiger partial charge in [-0.3, -0.25) is 9.69 Å². The van der Waals surface area contributed by atoms with Crippen molar-refractivity contribution in [1.82, 2.24) is 4.90 Å². The molecule has 1 amide bonds. The molecule has 7 heteroatoms. The Labute approximate surface area is 174 Å². The zero-order valence-electron chi connectivity index (χ0n) is 16.5. The highest BCUT2D eigenvalue weighted by Gasteiger charge is 2.30. The molecule has 0 saturated carbocycles. The maximum absolute atomic E-state index is 12.6. The Bertz CT molecular complexity index is 967. The van der Waals surface area contributed by atoms with Gasteiger partial charge in [-0.1, -0.05) is 30.3 Å². The number of thioether (sulfide) groups is 1. The number of carbonyl (C=O) groups excluding carboxylic acids is 2. The van der Waals surface area contributed by atoms with E-state index in [2.05, 4.69) is 4.99 Å². The molecule has 29 heavy (non-hydrogen) atoms. The van der Waals surface area contributed by atoms with Crippen LogP contribution in [0.4, 0.5) is 5.69 Å². The van der Waals surface area contributed by atoms with Crippen LogP contribution in [0.15, 0.2) is 58.4 Å². The number of rotatable bonds is 6. The molecule has 3 rings (SSSR count). The van der Waals surface area contributed by atoms with Gasteiger partial charge < -0.3 is 9.47 Å². The predicted octanol–water partition coefficient (Wildman–Crippen LogP) is 4.17. The van der Waals surface area contributed by atoms with Gasteiger partial charge in [0.1, 0.15) is 5.75 Å². The summed E-state index contributed by atoms with van der Waals surface area (Å²) in [7, 11) is 1.72. The average molecular weight is 410 g/mol. The topological polar surface area (TPSA) is 68.2 Å². The first-order chi connectivity index (χ1) is 14.0. The number of aryl methyl sites for hydroxylation is 1. The molecule has 0 aromatic heterocycles. The van der Waals surface area contributed by atoms with Crippen molar-refractivity contribution in [3.8, 4) is 5.75 Å². The molecule has 2 aromatic rings. The summed E-state index contributed by atoms with van der Waals surface area (Å²) in [6.07, 6.45) is 1.82. The molecular formula is C22H22N2O4S. The van der Waals surface area contributed by atoms with Crippen molar-refractivity contribution in [1.29, 1.82) is 0 Å². The van der Waals surface area contributed by atoms with Crippen LogP contribution in [0.1, 0.15) is 18.1 Å². The Morgan fingerprint density at radius 3 is 2.59 bits per heavy atom. The van der Waals surface area contributed by atoms with Gasteiger partial charge in [0, 0.05) is 7.05 Å². The highest BCUT2D eigenvalue weighted by atomic mass is 32.2. The zero-order valence-corrected chi connectivity index (χ0v) is 17.4.